The number of ether oxygens (including phenoxy) is 1. The lowest BCUT2D eigenvalue weighted by atomic mass is 10.2. The number of hydrogen-bond acceptors (Lipinski definition) is 5. The van der Waals surface area contributed by atoms with E-state index in [1.54, 1.807) is 60.0 Å². The van der Waals surface area contributed by atoms with Gasteiger partial charge in [0.25, 0.3) is 15.9 Å². The Morgan fingerprint density at radius 1 is 1.17 bits per heavy atom. The summed E-state index contributed by atoms with van der Waals surface area (Å²) in [5.74, 6) is 0.149. The van der Waals surface area contributed by atoms with Gasteiger partial charge in [0.2, 0.25) is 0 Å². The van der Waals surface area contributed by atoms with Crippen LogP contribution < -0.4 is 14.4 Å². The largest absolute Gasteiger partial charge is 0.484 e. The summed E-state index contributed by atoms with van der Waals surface area (Å²) in [4.78, 5) is 12.1. The standard InChI is InChI=1S/C20H19ClN2O4S2/c1-14-12-15(21)5-10-18(14)22-19(24)13-27-17-8-6-16(7-9-17)23(2)29(25,26)20-4-3-11-28-20/h3-12H,13H2,1-2H3,(H,22,24). The summed E-state index contributed by atoms with van der Waals surface area (Å²) in [6, 6.07) is 14.9. The fraction of sp³-hybridized carbons (Fsp3) is 0.150. The van der Waals surface area contributed by atoms with Crippen molar-refractivity contribution in [2.24, 2.45) is 0 Å². The molecule has 0 atom stereocenters. The van der Waals surface area contributed by atoms with Gasteiger partial charge in [-0.3, -0.25) is 9.10 Å². The molecule has 1 amide bonds. The summed E-state index contributed by atoms with van der Waals surface area (Å²) in [6.45, 7) is 1.67. The molecule has 29 heavy (non-hydrogen) atoms. The molecule has 1 aromatic heterocycles. The van der Waals surface area contributed by atoms with E-state index in [1.807, 2.05) is 6.92 Å². The summed E-state index contributed by atoms with van der Waals surface area (Å²) in [5.41, 5.74) is 2.01. The zero-order valence-corrected chi connectivity index (χ0v) is 18.1. The van der Waals surface area contributed by atoms with E-state index in [4.69, 9.17) is 16.3 Å². The van der Waals surface area contributed by atoms with Gasteiger partial charge in [-0.1, -0.05) is 17.7 Å². The van der Waals surface area contributed by atoms with Crippen LogP contribution in [0.3, 0.4) is 0 Å². The lowest BCUT2D eigenvalue weighted by Gasteiger charge is -2.18. The maximum atomic E-state index is 12.6. The SMILES string of the molecule is Cc1cc(Cl)ccc1NC(=O)COc1ccc(N(C)S(=O)(=O)c2cccs2)cc1. The summed E-state index contributed by atoms with van der Waals surface area (Å²) in [5, 5.41) is 5.08. The van der Waals surface area contributed by atoms with E-state index in [0.717, 1.165) is 16.9 Å². The highest BCUT2D eigenvalue weighted by atomic mass is 35.5. The maximum Gasteiger partial charge on any atom is 0.273 e. The number of sulfonamides is 1. The van der Waals surface area contributed by atoms with Crippen LogP contribution in [0.4, 0.5) is 11.4 Å². The number of thiophene rings is 1. The number of carbonyl (C=O) groups is 1. The first-order valence-electron chi connectivity index (χ1n) is 8.58. The van der Waals surface area contributed by atoms with Crippen LogP contribution in [-0.4, -0.2) is 28.0 Å². The van der Waals surface area contributed by atoms with Gasteiger partial charge < -0.3 is 10.1 Å². The fourth-order valence-electron chi connectivity index (χ4n) is 2.54. The third kappa shape index (κ3) is 5.09. The van der Waals surface area contributed by atoms with Crippen molar-refractivity contribution in [2.75, 3.05) is 23.3 Å². The molecule has 6 nitrogen and oxygen atoms in total. The summed E-state index contributed by atoms with van der Waals surface area (Å²) < 4.78 is 32.1. The first kappa shape index (κ1) is 21.2. The number of amides is 1. The second-order valence-electron chi connectivity index (χ2n) is 6.19. The second kappa shape index (κ2) is 8.86. The molecule has 0 spiro atoms. The number of rotatable bonds is 7. The Kier molecular flexibility index (Phi) is 6.46. The molecule has 3 aromatic rings. The monoisotopic (exact) mass is 450 g/mol. The van der Waals surface area contributed by atoms with Gasteiger partial charge in [0.05, 0.1) is 5.69 Å². The fourth-order valence-corrected chi connectivity index (χ4v) is 5.12. The zero-order valence-electron chi connectivity index (χ0n) is 15.8. The van der Waals surface area contributed by atoms with Crippen molar-refractivity contribution < 1.29 is 17.9 Å². The van der Waals surface area contributed by atoms with E-state index in [9.17, 15) is 13.2 Å². The predicted octanol–water partition coefficient (Wildman–Crippen LogP) is 4.55. The predicted molar refractivity (Wildman–Crippen MR) is 117 cm³/mol. The molecule has 0 aliphatic heterocycles. The van der Waals surface area contributed by atoms with Crippen LogP contribution >= 0.6 is 22.9 Å². The molecule has 0 saturated carbocycles. The zero-order chi connectivity index (χ0) is 21.0. The third-order valence-corrected chi connectivity index (χ3v) is 7.54. The van der Waals surface area contributed by atoms with Crippen LogP contribution in [0.15, 0.2) is 64.2 Å². The van der Waals surface area contributed by atoms with Crippen LogP contribution in [0.25, 0.3) is 0 Å². The molecule has 0 fully saturated rings. The first-order chi connectivity index (χ1) is 13.8. The number of nitrogens with zero attached hydrogens (tertiary/aromatic N) is 1. The topological polar surface area (TPSA) is 75.7 Å². The van der Waals surface area contributed by atoms with E-state index in [1.165, 1.54) is 11.4 Å². The van der Waals surface area contributed by atoms with Crippen molar-refractivity contribution in [2.45, 2.75) is 11.1 Å². The molecule has 0 unspecified atom stereocenters. The number of benzene rings is 2. The molecule has 2 aromatic carbocycles. The Bertz CT molecular complexity index is 1100. The van der Waals surface area contributed by atoms with E-state index in [-0.39, 0.29) is 16.7 Å². The van der Waals surface area contributed by atoms with Gasteiger partial charge in [0, 0.05) is 17.8 Å². The van der Waals surface area contributed by atoms with Crippen LogP contribution in [0, 0.1) is 6.92 Å². The normalized spacial score (nSPS) is 11.1. The molecule has 0 bridgehead atoms. The quantitative estimate of drug-likeness (QED) is 0.572. The Morgan fingerprint density at radius 2 is 1.90 bits per heavy atom. The van der Waals surface area contributed by atoms with Gasteiger partial charge in [0.1, 0.15) is 9.96 Å². The van der Waals surface area contributed by atoms with Crippen LogP contribution in [0.2, 0.25) is 5.02 Å². The summed E-state index contributed by atoms with van der Waals surface area (Å²) in [6.07, 6.45) is 0. The minimum absolute atomic E-state index is 0.176. The van der Waals surface area contributed by atoms with Gasteiger partial charge >= 0.3 is 0 Å². The first-order valence-corrected chi connectivity index (χ1v) is 11.3. The number of hydrogen-bond donors (Lipinski definition) is 1. The smallest absolute Gasteiger partial charge is 0.273 e. The van der Waals surface area contributed by atoms with E-state index in [0.29, 0.717) is 22.1 Å². The number of halogens is 1. The lowest BCUT2D eigenvalue weighted by molar-refractivity contribution is -0.118. The molecule has 9 heteroatoms. The lowest BCUT2D eigenvalue weighted by Crippen LogP contribution is -2.25. The van der Waals surface area contributed by atoms with Crippen molar-refractivity contribution in [1.29, 1.82) is 0 Å². The third-order valence-electron chi connectivity index (χ3n) is 4.14. The molecular weight excluding hydrogens is 432 g/mol. The number of aryl methyl sites for hydroxylation is 1. The summed E-state index contributed by atoms with van der Waals surface area (Å²) >= 11 is 7.07. The van der Waals surface area contributed by atoms with E-state index >= 15 is 0 Å². The molecule has 1 heterocycles. The molecule has 0 aliphatic carbocycles. The van der Waals surface area contributed by atoms with Gasteiger partial charge in [-0.25, -0.2) is 8.42 Å². The molecule has 0 saturated heterocycles. The Balaban J connectivity index is 1.60. The highest BCUT2D eigenvalue weighted by Crippen LogP contribution is 2.26. The van der Waals surface area contributed by atoms with Crippen molar-refractivity contribution in [3.05, 3.63) is 70.6 Å². The maximum absolute atomic E-state index is 12.6. The van der Waals surface area contributed by atoms with Crippen LogP contribution in [-0.2, 0) is 14.8 Å². The molecular formula is C20H19ClN2O4S2. The highest BCUT2D eigenvalue weighted by molar-refractivity contribution is 7.94. The van der Waals surface area contributed by atoms with Gasteiger partial charge in [-0.2, -0.15) is 0 Å². The van der Waals surface area contributed by atoms with Crippen LogP contribution in [0.1, 0.15) is 5.56 Å². The average molecular weight is 451 g/mol. The second-order valence-corrected chi connectivity index (χ2v) is 9.77. The van der Waals surface area contributed by atoms with Crippen molar-refractivity contribution in [1.82, 2.24) is 0 Å². The van der Waals surface area contributed by atoms with Gasteiger partial charge in [-0.15, -0.1) is 11.3 Å². The van der Waals surface area contributed by atoms with Crippen molar-refractivity contribution in [3.63, 3.8) is 0 Å². The average Bonchev–Trinajstić information content (AvgIpc) is 3.24. The Labute approximate surface area is 178 Å². The number of carbonyl (C=O) groups excluding carboxylic acids is 1. The molecule has 0 radical (unpaired) electrons. The number of anilines is 2. The Hall–Kier alpha value is -2.55. The number of nitrogens with one attached hydrogen (secondary N) is 1. The van der Waals surface area contributed by atoms with Gasteiger partial charge in [0.15, 0.2) is 6.61 Å². The highest BCUT2D eigenvalue weighted by Gasteiger charge is 2.22. The van der Waals surface area contributed by atoms with Crippen LogP contribution in [0.5, 0.6) is 5.75 Å². The van der Waals surface area contributed by atoms with E-state index in [2.05, 4.69) is 5.32 Å². The minimum atomic E-state index is -3.59. The van der Waals surface area contributed by atoms with E-state index < -0.39 is 10.0 Å². The van der Waals surface area contributed by atoms with Crippen molar-refractivity contribution >= 4 is 50.2 Å². The molecule has 0 aliphatic rings. The molecule has 152 valence electrons. The molecule has 1 N–H and O–H groups in total. The summed E-state index contributed by atoms with van der Waals surface area (Å²) in [7, 11) is -2.10. The minimum Gasteiger partial charge on any atom is -0.484 e. The van der Waals surface area contributed by atoms with Gasteiger partial charge in [-0.05, 0) is 66.4 Å². The van der Waals surface area contributed by atoms with Crippen molar-refractivity contribution in [3.8, 4) is 5.75 Å². The Morgan fingerprint density at radius 3 is 2.52 bits per heavy atom. The molecule has 3 rings (SSSR count).